The van der Waals surface area contributed by atoms with Crippen molar-refractivity contribution < 1.29 is 4.74 Å². The molecule has 0 aromatic carbocycles. The summed E-state index contributed by atoms with van der Waals surface area (Å²) in [5.74, 6) is 2.34. The van der Waals surface area contributed by atoms with Crippen LogP contribution in [-0.2, 0) is 4.74 Å². The maximum atomic E-state index is 6.33. The molecule has 3 heterocycles. The lowest BCUT2D eigenvalue weighted by Gasteiger charge is -2.32. The molecule has 0 amide bonds. The van der Waals surface area contributed by atoms with Gasteiger partial charge in [-0.25, -0.2) is 9.97 Å². The smallest absolute Gasteiger partial charge is 0.157 e. The van der Waals surface area contributed by atoms with Crippen molar-refractivity contribution in [2.45, 2.75) is 26.2 Å². The van der Waals surface area contributed by atoms with Crippen molar-refractivity contribution in [3.8, 4) is 0 Å². The highest BCUT2D eigenvalue weighted by Crippen LogP contribution is 2.29. The summed E-state index contributed by atoms with van der Waals surface area (Å²) in [5, 5.41) is 3.38. The predicted molar refractivity (Wildman–Crippen MR) is 97.4 cm³/mol. The molecule has 7 nitrogen and oxygen atoms in total. The molecule has 1 atom stereocenters. The van der Waals surface area contributed by atoms with Gasteiger partial charge in [0.25, 0.3) is 0 Å². The van der Waals surface area contributed by atoms with E-state index in [9.17, 15) is 0 Å². The lowest BCUT2D eigenvalue weighted by Crippen LogP contribution is -2.37. The molecule has 134 valence electrons. The Bertz CT molecular complexity index is 520. The van der Waals surface area contributed by atoms with Crippen LogP contribution in [0.1, 0.15) is 26.2 Å². The Labute approximate surface area is 144 Å². The van der Waals surface area contributed by atoms with E-state index in [2.05, 4.69) is 32.0 Å². The predicted octanol–water partition coefficient (Wildman–Crippen LogP) is 1.43. The van der Waals surface area contributed by atoms with Crippen LogP contribution >= 0.6 is 0 Å². The molecule has 24 heavy (non-hydrogen) atoms. The molecule has 0 saturated carbocycles. The van der Waals surface area contributed by atoms with Crippen LogP contribution in [0, 0.1) is 5.92 Å². The Kier molecular flexibility index (Phi) is 6.09. The van der Waals surface area contributed by atoms with E-state index in [-0.39, 0.29) is 0 Å². The molecule has 1 unspecified atom stereocenters. The van der Waals surface area contributed by atoms with E-state index in [1.165, 1.54) is 12.8 Å². The molecule has 0 radical (unpaired) electrons. The molecule has 2 aliphatic heterocycles. The molecule has 0 aliphatic carbocycles. The van der Waals surface area contributed by atoms with Crippen LogP contribution in [0.3, 0.4) is 0 Å². The van der Waals surface area contributed by atoms with Crippen LogP contribution in [0.15, 0.2) is 6.33 Å². The molecule has 0 spiro atoms. The van der Waals surface area contributed by atoms with E-state index in [1.807, 2.05) is 0 Å². The summed E-state index contributed by atoms with van der Waals surface area (Å²) in [6.45, 7) is 10.1. The normalized spacial score (nSPS) is 22.5. The highest BCUT2D eigenvalue weighted by atomic mass is 16.5. The molecule has 7 heteroatoms. The van der Waals surface area contributed by atoms with E-state index < -0.39 is 0 Å². The van der Waals surface area contributed by atoms with Crippen LogP contribution < -0.4 is 16.0 Å². The number of hydrogen-bond acceptors (Lipinski definition) is 7. The molecule has 1 aromatic rings. The fourth-order valence-electron chi connectivity index (χ4n) is 3.50. The van der Waals surface area contributed by atoms with Crippen LogP contribution in [0.5, 0.6) is 0 Å². The Morgan fingerprint density at radius 1 is 1.29 bits per heavy atom. The first-order chi connectivity index (χ1) is 11.7. The first-order valence-electron chi connectivity index (χ1n) is 9.13. The van der Waals surface area contributed by atoms with Crippen LogP contribution in [-0.4, -0.2) is 67.4 Å². The highest BCUT2D eigenvalue weighted by Gasteiger charge is 2.21. The van der Waals surface area contributed by atoms with Gasteiger partial charge in [-0.2, -0.15) is 0 Å². The molecule has 3 N–H and O–H groups in total. The van der Waals surface area contributed by atoms with Gasteiger partial charge in [-0.3, -0.25) is 4.90 Å². The number of piperidine rings is 1. The SMILES string of the molecule is CC1CCCN(c2ncnc(NCCCN3CCOCC3)c2N)C1. The van der Waals surface area contributed by atoms with Gasteiger partial charge >= 0.3 is 0 Å². The molecule has 1 aromatic heterocycles. The van der Waals surface area contributed by atoms with Crippen LogP contribution in [0.2, 0.25) is 0 Å². The van der Waals surface area contributed by atoms with E-state index in [1.54, 1.807) is 6.33 Å². The minimum Gasteiger partial charge on any atom is -0.393 e. The second kappa shape index (κ2) is 8.48. The van der Waals surface area contributed by atoms with E-state index in [4.69, 9.17) is 10.5 Å². The number of nitrogens with one attached hydrogen (secondary N) is 1. The summed E-state index contributed by atoms with van der Waals surface area (Å²) in [7, 11) is 0. The molecular weight excluding hydrogens is 304 g/mol. The Hall–Kier alpha value is -1.60. The van der Waals surface area contributed by atoms with Gasteiger partial charge in [0.1, 0.15) is 12.0 Å². The van der Waals surface area contributed by atoms with Crippen molar-refractivity contribution in [3.63, 3.8) is 0 Å². The molecule has 2 aliphatic rings. The molecule has 3 rings (SSSR count). The van der Waals surface area contributed by atoms with E-state index >= 15 is 0 Å². The maximum absolute atomic E-state index is 6.33. The summed E-state index contributed by atoms with van der Waals surface area (Å²) in [6, 6.07) is 0. The molecule has 2 saturated heterocycles. The zero-order valence-corrected chi connectivity index (χ0v) is 14.7. The summed E-state index contributed by atoms with van der Waals surface area (Å²) in [6.07, 6.45) is 5.18. The van der Waals surface area contributed by atoms with Crippen molar-refractivity contribution in [1.29, 1.82) is 0 Å². The summed E-state index contributed by atoms with van der Waals surface area (Å²) < 4.78 is 5.37. The van der Waals surface area contributed by atoms with Crippen LogP contribution in [0.4, 0.5) is 17.3 Å². The quantitative estimate of drug-likeness (QED) is 0.762. The van der Waals surface area contributed by atoms with Crippen molar-refractivity contribution in [3.05, 3.63) is 6.33 Å². The van der Waals surface area contributed by atoms with Gasteiger partial charge in [0.2, 0.25) is 0 Å². The first-order valence-corrected chi connectivity index (χ1v) is 9.13. The number of anilines is 3. The van der Waals surface area contributed by atoms with Gasteiger partial charge in [-0.15, -0.1) is 0 Å². The monoisotopic (exact) mass is 334 g/mol. The lowest BCUT2D eigenvalue weighted by molar-refractivity contribution is 0.0378. The number of nitrogens with zero attached hydrogens (tertiary/aromatic N) is 4. The zero-order chi connectivity index (χ0) is 16.8. The maximum Gasteiger partial charge on any atom is 0.157 e. The Morgan fingerprint density at radius 2 is 2.12 bits per heavy atom. The van der Waals surface area contributed by atoms with Gasteiger partial charge < -0.3 is 20.7 Å². The number of morpholine rings is 1. The Morgan fingerprint density at radius 3 is 2.92 bits per heavy atom. The fourth-order valence-corrected chi connectivity index (χ4v) is 3.50. The zero-order valence-electron chi connectivity index (χ0n) is 14.7. The van der Waals surface area contributed by atoms with Crippen molar-refractivity contribution in [2.75, 3.05) is 68.4 Å². The average Bonchev–Trinajstić information content (AvgIpc) is 2.61. The van der Waals surface area contributed by atoms with Crippen LogP contribution in [0.25, 0.3) is 0 Å². The van der Waals surface area contributed by atoms with Gasteiger partial charge in [0.05, 0.1) is 13.2 Å². The summed E-state index contributed by atoms with van der Waals surface area (Å²) in [4.78, 5) is 13.5. The van der Waals surface area contributed by atoms with Gasteiger partial charge in [0.15, 0.2) is 11.6 Å². The molecular formula is C17H30N6O. The van der Waals surface area contributed by atoms with Gasteiger partial charge in [-0.05, 0) is 31.7 Å². The number of nitrogen functional groups attached to an aromatic ring is 1. The largest absolute Gasteiger partial charge is 0.393 e. The molecule has 0 bridgehead atoms. The van der Waals surface area contributed by atoms with Crippen molar-refractivity contribution >= 4 is 17.3 Å². The number of ether oxygens (including phenoxy) is 1. The van der Waals surface area contributed by atoms with Gasteiger partial charge in [-0.1, -0.05) is 6.92 Å². The second-order valence-corrected chi connectivity index (χ2v) is 6.89. The topological polar surface area (TPSA) is 79.5 Å². The van der Waals surface area contributed by atoms with Crippen molar-refractivity contribution in [2.24, 2.45) is 5.92 Å². The third-order valence-electron chi connectivity index (χ3n) is 4.87. The first kappa shape index (κ1) is 17.2. The lowest BCUT2D eigenvalue weighted by atomic mass is 10.0. The third kappa shape index (κ3) is 4.48. The van der Waals surface area contributed by atoms with Crippen molar-refractivity contribution in [1.82, 2.24) is 14.9 Å². The number of rotatable bonds is 6. The second-order valence-electron chi connectivity index (χ2n) is 6.89. The van der Waals surface area contributed by atoms with E-state index in [0.29, 0.717) is 11.6 Å². The van der Waals surface area contributed by atoms with Gasteiger partial charge in [0, 0.05) is 32.7 Å². The number of nitrogens with two attached hydrogens (primary N) is 1. The number of aromatic nitrogens is 2. The highest BCUT2D eigenvalue weighted by molar-refractivity contribution is 5.74. The number of hydrogen-bond donors (Lipinski definition) is 2. The summed E-state index contributed by atoms with van der Waals surface area (Å²) in [5.41, 5.74) is 7.01. The molecule has 2 fully saturated rings. The minimum atomic E-state index is 0.679. The average molecular weight is 334 g/mol. The standard InChI is InChI=1S/C17H30N6O/c1-14-4-2-7-23(12-14)17-15(18)16(20-13-21-17)19-5-3-6-22-8-10-24-11-9-22/h13-14H,2-12,18H2,1H3,(H,19,20,21). The summed E-state index contributed by atoms with van der Waals surface area (Å²) >= 11 is 0. The third-order valence-corrected chi connectivity index (χ3v) is 4.87. The fraction of sp³-hybridized carbons (Fsp3) is 0.765. The minimum absolute atomic E-state index is 0.679. The van der Waals surface area contributed by atoms with E-state index in [0.717, 1.165) is 70.5 Å². The Balaban J connectivity index is 1.51.